The number of carbonyl (C=O) groups is 2. The topological polar surface area (TPSA) is 61.8 Å². The van der Waals surface area contributed by atoms with Crippen LogP contribution in [0, 0.1) is 5.82 Å². The van der Waals surface area contributed by atoms with Crippen molar-refractivity contribution in [2.24, 2.45) is 4.99 Å². The van der Waals surface area contributed by atoms with Crippen LogP contribution < -0.4 is 5.32 Å². The first-order valence-electron chi connectivity index (χ1n) is 5.97. The van der Waals surface area contributed by atoms with Crippen molar-refractivity contribution in [1.29, 1.82) is 0 Å². The molecule has 5 nitrogen and oxygen atoms in total. The van der Waals surface area contributed by atoms with Gasteiger partial charge in [-0.1, -0.05) is 11.8 Å². The molecule has 1 aliphatic heterocycles. The highest BCUT2D eigenvalue weighted by atomic mass is 32.2. The Hall–Kier alpha value is -1.89. The van der Waals surface area contributed by atoms with E-state index in [2.05, 4.69) is 10.3 Å². The van der Waals surface area contributed by atoms with Gasteiger partial charge < -0.3 is 10.2 Å². The Morgan fingerprint density at radius 2 is 2.05 bits per heavy atom. The second kappa shape index (κ2) is 6.04. The Morgan fingerprint density at radius 1 is 1.40 bits per heavy atom. The Morgan fingerprint density at radius 3 is 2.60 bits per heavy atom. The molecule has 2 amide bonds. The van der Waals surface area contributed by atoms with Gasteiger partial charge in [0.05, 0.1) is 0 Å². The van der Waals surface area contributed by atoms with E-state index in [9.17, 15) is 14.0 Å². The standard InChI is InChI=1S/C13H14FN3O2S/c1-17(2)13-16-12(19)10(20-13)7-11(18)15-9-5-3-8(14)4-6-9/h3-6,10H,7H2,1-2H3,(H,15,18). The van der Waals surface area contributed by atoms with E-state index in [0.29, 0.717) is 10.9 Å². The zero-order chi connectivity index (χ0) is 14.7. The molecular formula is C13H14FN3O2S. The lowest BCUT2D eigenvalue weighted by Gasteiger charge is -2.11. The van der Waals surface area contributed by atoms with Crippen LogP contribution >= 0.6 is 11.8 Å². The molecule has 0 saturated heterocycles. The third-order valence-corrected chi connectivity index (χ3v) is 3.93. The fourth-order valence-electron chi connectivity index (χ4n) is 1.62. The molecule has 2 rings (SSSR count). The molecule has 20 heavy (non-hydrogen) atoms. The van der Waals surface area contributed by atoms with Crippen molar-refractivity contribution in [1.82, 2.24) is 4.90 Å². The SMILES string of the molecule is CN(C)C1=NC(=O)C(CC(=O)Nc2ccc(F)cc2)S1. The van der Waals surface area contributed by atoms with Gasteiger partial charge in [0.15, 0.2) is 5.17 Å². The van der Waals surface area contributed by atoms with Crippen LogP contribution in [-0.4, -0.2) is 41.2 Å². The second-order valence-electron chi connectivity index (χ2n) is 4.49. The minimum absolute atomic E-state index is 0.0434. The molecule has 1 aromatic carbocycles. The predicted octanol–water partition coefficient (Wildman–Crippen LogP) is 1.71. The predicted molar refractivity (Wildman–Crippen MR) is 77.2 cm³/mol. The van der Waals surface area contributed by atoms with E-state index in [0.717, 1.165) is 0 Å². The zero-order valence-corrected chi connectivity index (χ0v) is 11.9. The van der Waals surface area contributed by atoms with E-state index in [1.165, 1.54) is 36.0 Å². The molecule has 0 aromatic heterocycles. The number of nitrogens with one attached hydrogen (secondary N) is 1. The summed E-state index contributed by atoms with van der Waals surface area (Å²) in [5.41, 5.74) is 0.501. The highest BCUT2D eigenvalue weighted by Gasteiger charge is 2.31. The maximum atomic E-state index is 12.7. The molecule has 0 spiro atoms. The summed E-state index contributed by atoms with van der Waals surface area (Å²) in [5, 5.41) is 2.74. The molecule has 106 valence electrons. The number of hydrogen-bond donors (Lipinski definition) is 1. The summed E-state index contributed by atoms with van der Waals surface area (Å²) >= 11 is 1.27. The fourth-order valence-corrected chi connectivity index (χ4v) is 2.61. The number of benzene rings is 1. The van der Waals surface area contributed by atoms with Crippen LogP contribution in [0.15, 0.2) is 29.3 Å². The van der Waals surface area contributed by atoms with Crippen LogP contribution in [0.2, 0.25) is 0 Å². The Balaban J connectivity index is 1.90. The van der Waals surface area contributed by atoms with E-state index in [1.807, 2.05) is 0 Å². The Labute approximate surface area is 120 Å². The average molecular weight is 295 g/mol. The van der Waals surface area contributed by atoms with Crippen LogP contribution in [0.3, 0.4) is 0 Å². The van der Waals surface area contributed by atoms with Gasteiger partial charge in [-0.3, -0.25) is 9.59 Å². The largest absolute Gasteiger partial charge is 0.357 e. The lowest BCUT2D eigenvalue weighted by molar-refractivity contribution is -0.121. The third-order valence-electron chi connectivity index (χ3n) is 2.61. The first kappa shape index (κ1) is 14.5. The number of amides is 2. The molecule has 0 radical (unpaired) electrons. The summed E-state index contributed by atoms with van der Waals surface area (Å²) in [5.74, 6) is -0.959. The number of halogens is 1. The van der Waals surface area contributed by atoms with Crippen molar-refractivity contribution in [3.63, 3.8) is 0 Å². The number of nitrogens with zero attached hydrogens (tertiary/aromatic N) is 2. The molecule has 1 unspecified atom stereocenters. The monoisotopic (exact) mass is 295 g/mol. The highest BCUT2D eigenvalue weighted by molar-refractivity contribution is 8.15. The summed E-state index contributed by atoms with van der Waals surface area (Å²) < 4.78 is 12.7. The van der Waals surface area contributed by atoms with Gasteiger partial charge in [-0.25, -0.2) is 4.39 Å². The quantitative estimate of drug-likeness (QED) is 0.922. The smallest absolute Gasteiger partial charge is 0.262 e. The number of aliphatic imine (C=N–C) groups is 1. The molecule has 0 aliphatic carbocycles. The number of anilines is 1. The van der Waals surface area contributed by atoms with E-state index in [1.54, 1.807) is 19.0 Å². The molecule has 1 heterocycles. The minimum Gasteiger partial charge on any atom is -0.357 e. The van der Waals surface area contributed by atoms with Crippen molar-refractivity contribution < 1.29 is 14.0 Å². The van der Waals surface area contributed by atoms with E-state index in [-0.39, 0.29) is 24.1 Å². The first-order valence-corrected chi connectivity index (χ1v) is 6.85. The molecular weight excluding hydrogens is 281 g/mol. The Bertz CT molecular complexity index is 557. The number of carbonyl (C=O) groups excluding carboxylic acids is 2. The molecule has 7 heteroatoms. The van der Waals surface area contributed by atoms with Crippen molar-refractivity contribution in [3.8, 4) is 0 Å². The normalized spacial score (nSPS) is 17.9. The first-order chi connectivity index (χ1) is 9.45. The van der Waals surface area contributed by atoms with Crippen molar-refractivity contribution in [2.75, 3.05) is 19.4 Å². The van der Waals surface area contributed by atoms with E-state index < -0.39 is 5.25 Å². The molecule has 0 bridgehead atoms. The van der Waals surface area contributed by atoms with Gasteiger partial charge in [0.25, 0.3) is 5.91 Å². The number of hydrogen-bond acceptors (Lipinski definition) is 4. The summed E-state index contributed by atoms with van der Waals surface area (Å²) in [6.07, 6.45) is 0.0434. The molecule has 1 N–H and O–H groups in total. The van der Waals surface area contributed by atoms with Crippen molar-refractivity contribution in [3.05, 3.63) is 30.1 Å². The van der Waals surface area contributed by atoms with Crippen LogP contribution in [0.5, 0.6) is 0 Å². The maximum absolute atomic E-state index is 12.7. The Kier molecular flexibility index (Phi) is 4.39. The van der Waals surface area contributed by atoms with Crippen molar-refractivity contribution >= 4 is 34.4 Å². The van der Waals surface area contributed by atoms with Gasteiger partial charge in [0.1, 0.15) is 11.1 Å². The van der Waals surface area contributed by atoms with Gasteiger partial charge in [0, 0.05) is 26.2 Å². The third kappa shape index (κ3) is 3.57. The summed E-state index contributed by atoms with van der Waals surface area (Å²) in [7, 11) is 3.58. The van der Waals surface area contributed by atoms with Crippen LogP contribution in [0.25, 0.3) is 0 Å². The van der Waals surface area contributed by atoms with Gasteiger partial charge in [-0.2, -0.15) is 4.99 Å². The van der Waals surface area contributed by atoms with Crippen LogP contribution in [0.1, 0.15) is 6.42 Å². The van der Waals surface area contributed by atoms with Crippen molar-refractivity contribution in [2.45, 2.75) is 11.7 Å². The van der Waals surface area contributed by atoms with Gasteiger partial charge in [-0.05, 0) is 24.3 Å². The molecule has 1 atom stereocenters. The lowest BCUT2D eigenvalue weighted by atomic mass is 10.2. The summed E-state index contributed by atoms with van der Waals surface area (Å²) in [4.78, 5) is 29.1. The van der Waals surface area contributed by atoms with E-state index >= 15 is 0 Å². The summed E-state index contributed by atoms with van der Waals surface area (Å²) in [6.45, 7) is 0. The number of amidine groups is 1. The molecule has 1 aromatic rings. The van der Waals surface area contributed by atoms with Gasteiger partial charge in [-0.15, -0.1) is 0 Å². The molecule has 0 saturated carbocycles. The zero-order valence-electron chi connectivity index (χ0n) is 11.1. The lowest BCUT2D eigenvalue weighted by Crippen LogP contribution is -2.22. The number of rotatable bonds is 3. The van der Waals surface area contributed by atoms with Crippen LogP contribution in [-0.2, 0) is 9.59 Å². The minimum atomic E-state index is -0.493. The van der Waals surface area contributed by atoms with E-state index in [4.69, 9.17) is 0 Å². The average Bonchev–Trinajstić information content (AvgIpc) is 2.74. The molecule has 1 aliphatic rings. The summed E-state index contributed by atoms with van der Waals surface area (Å²) in [6, 6.07) is 5.47. The maximum Gasteiger partial charge on any atom is 0.262 e. The molecule has 0 fully saturated rings. The second-order valence-corrected chi connectivity index (χ2v) is 5.66. The van der Waals surface area contributed by atoms with Gasteiger partial charge >= 0.3 is 0 Å². The van der Waals surface area contributed by atoms with Gasteiger partial charge in [0.2, 0.25) is 5.91 Å². The highest BCUT2D eigenvalue weighted by Crippen LogP contribution is 2.26. The fraction of sp³-hybridized carbons (Fsp3) is 0.308. The number of thioether (sulfide) groups is 1. The van der Waals surface area contributed by atoms with Crippen LogP contribution in [0.4, 0.5) is 10.1 Å².